The Morgan fingerprint density at radius 1 is 0.345 bits per heavy atom. The van der Waals surface area contributed by atoms with Crippen molar-refractivity contribution in [3.8, 4) is 73.2 Å². The van der Waals surface area contributed by atoms with E-state index in [4.69, 9.17) is 27.3 Å². The molecule has 0 aliphatic rings. The molecule has 0 saturated carbocycles. The van der Waals surface area contributed by atoms with Crippen LogP contribution in [0, 0.1) is 0 Å². The van der Waals surface area contributed by atoms with Crippen molar-refractivity contribution in [2.45, 2.75) is 0 Å². The number of para-hydroxylation sites is 2. The minimum Gasteiger partial charge on any atom is -0.309 e. The van der Waals surface area contributed by atoms with Gasteiger partial charge < -0.3 is 4.57 Å². The van der Waals surface area contributed by atoms with Crippen molar-refractivity contribution in [3.05, 3.63) is 206 Å². The molecule has 0 unspecified atom stereocenters. The molecule has 2 aromatic heterocycles. The zero-order chi connectivity index (χ0) is 47.0. The van der Waals surface area contributed by atoms with Crippen molar-refractivity contribution in [1.82, 2.24) is 19.5 Å². The monoisotopic (exact) mass is 714 g/mol. The number of hydrogen-bond donors (Lipinski definition) is 0. The van der Waals surface area contributed by atoms with Crippen molar-refractivity contribution in [2.24, 2.45) is 0 Å². The van der Waals surface area contributed by atoms with Crippen LogP contribution in [0.1, 0.15) is 16.4 Å². The lowest BCUT2D eigenvalue weighted by Gasteiger charge is -2.13. The van der Waals surface area contributed by atoms with Crippen LogP contribution >= 0.6 is 0 Å². The number of hydrogen-bond acceptors (Lipinski definition) is 3. The van der Waals surface area contributed by atoms with E-state index in [-0.39, 0.29) is 38.8 Å². The molecule has 0 spiro atoms. The standard InChI is InChI=1S/C51H34N4/c1-5-15-35(16-6-1)37-25-27-39(28-26-37)50-52-49(38-19-9-3-10-20-38)53-51(54-50)43-32-41(36-17-7-2-8-18-36)31-42(33-43)40-29-30-46-45-23-13-14-24-47(45)55(48(46)34-40)44-21-11-4-12-22-44/h1-34H/i4D,11D,12D,13D,14D,21D,22D,23D,24D,29D,30D,34D. The fourth-order valence-corrected chi connectivity index (χ4v) is 6.73. The first-order chi connectivity index (χ1) is 32.2. The van der Waals surface area contributed by atoms with E-state index in [9.17, 15) is 4.11 Å². The summed E-state index contributed by atoms with van der Waals surface area (Å²) < 4.78 is 109. The number of nitrogens with zero attached hydrogens (tertiary/aromatic N) is 4. The predicted octanol–water partition coefficient (Wildman–Crippen LogP) is 13.0. The lowest BCUT2D eigenvalue weighted by molar-refractivity contribution is 1.07. The molecular weight excluding hydrogens is 669 g/mol. The molecule has 0 N–H and O–H groups in total. The van der Waals surface area contributed by atoms with Crippen LogP contribution in [0.2, 0.25) is 0 Å². The van der Waals surface area contributed by atoms with Crippen LogP contribution in [0.4, 0.5) is 0 Å². The number of fused-ring (bicyclic) bond motifs is 3. The van der Waals surface area contributed by atoms with Gasteiger partial charge in [0.25, 0.3) is 0 Å². The van der Waals surface area contributed by atoms with E-state index in [0.29, 0.717) is 22.8 Å². The Kier molecular flexibility index (Phi) is 5.52. The van der Waals surface area contributed by atoms with Gasteiger partial charge in [-0.2, -0.15) is 0 Å². The zero-order valence-corrected chi connectivity index (χ0v) is 29.0. The molecule has 55 heavy (non-hydrogen) atoms. The second kappa shape index (κ2) is 13.8. The lowest BCUT2D eigenvalue weighted by Crippen LogP contribution is -2.00. The normalized spacial score (nSPS) is 14.3. The first-order valence-corrected chi connectivity index (χ1v) is 17.5. The highest BCUT2D eigenvalue weighted by molar-refractivity contribution is 6.10. The Morgan fingerprint density at radius 3 is 1.45 bits per heavy atom. The third-order valence-electron chi connectivity index (χ3n) is 9.37. The van der Waals surface area contributed by atoms with Gasteiger partial charge in [-0.1, -0.05) is 164 Å². The number of benzene rings is 8. The maximum Gasteiger partial charge on any atom is 0.164 e. The summed E-state index contributed by atoms with van der Waals surface area (Å²) in [6, 6.07) is 34.7. The Balaban J connectivity index is 1.28. The maximum absolute atomic E-state index is 9.96. The molecule has 4 heteroatoms. The minimum atomic E-state index is -0.708. The number of rotatable bonds is 7. The Labute approximate surface area is 336 Å². The summed E-state index contributed by atoms with van der Waals surface area (Å²) >= 11 is 0. The summed E-state index contributed by atoms with van der Waals surface area (Å²) in [5, 5.41) is -0.437. The first kappa shape index (κ1) is 21.9. The van der Waals surface area contributed by atoms with Crippen LogP contribution in [0.15, 0.2) is 206 Å². The first-order valence-electron chi connectivity index (χ1n) is 23.5. The molecule has 4 nitrogen and oxygen atoms in total. The second-order valence-corrected chi connectivity index (χ2v) is 12.8. The van der Waals surface area contributed by atoms with Crippen molar-refractivity contribution < 1.29 is 16.4 Å². The van der Waals surface area contributed by atoms with E-state index in [1.54, 1.807) is 12.1 Å². The van der Waals surface area contributed by atoms with Gasteiger partial charge in [-0.3, -0.25) is 0 Å². The van der Waals surface area contributed by atoms with Gasteiger partial charge in [0.1, 0.15) is 0 Å². The minimum absolute atomic E-state index is 0.0859. The van der Waals surface area contributed by atoms with E-state index in [1.807, 2.05) is 121 Å². The molecule has 0 radical (unpaired) electrons. The molecule has 0 amide bonds. The topological polar surface area (TPSA) is 43.6 Å². The van der Waals surface area contributed by atoms with E-state index in [1.165, 1.54) is 0 Å². The van der Waals surface area contributed by atoms with Crippen LogP contribution in [0.3, 0.4) is 0 Å². The second-order valence-electron chi connectivity index (χ2n) is 12.8. The summed E-state index contributed by atoms with van der Waals surface area (Å²) in [5.41, 5.74) is 4.55. The molecule has 0 aliphatic heterocycles. The summed E-state index contributed by atoms with van der Waals surface area (Å²) in [4.78, 5) is 14.9. The molecule has 0 bridgehead atoms. The Bertz CT molecular complexity index is 3610. The molecule has 8 aromatic carbocycles. The maximum atomic E-state index is 9.96. The molecule has 0 saturated heterocycles. The smallest absolute Gasteiger partial charge is 0.164 e. The van der Waals surface area contributed by atoms with E-state index in [0.717, 1.165) is 32.4 Å². The van der Waals surface area contributed by atoms with Gasteiger partial charge in [-0.15, -0.1) is 0 Å². The quantitative estimate of drug-likeness (QED) is 0.165. The van der Waals surface area contributed by atoms with E-state index >= 15 is 0 Å². The molecular formula is C51H34N4. The van der Waals surface area contributed by atoms with Gasteiger partial charge in [0.05, 0.1) is 27.5 Å². The third kappa shape index (κ3) is 6.16. The van der Waals surface area contributed by atoms with E-state index in [2.05, 4.69) is 0 Å². The summed E-state index contributed by atoms with van der Waals surface area (Å²) in [6.07, 6.45) is 0. The summed E-state index contributed by atoms with van der Waals surface area (Å²) in [6.45, 7) is 0. The Morgan fingerprint density at radius 2 is 0.800 bits per heavy atom. The highest BCUT2D eigenvalue weighted by Crippen LogP contribution is 2.38. The van der Waals surface area contributed by atoms with Gasteiger partial charge in [0.15, 0.2) is 17.5 Å². The zero-order valence-electron chi connectivity index (χ0n) is 41.0. The molecule has 0 atom stereocenters. The Hall–Kier alpha value is -7.43. The predicted molar refractivity (Wildman–Crippen MR) is 227 cm³/mol. The molecule has 2 heterocycles. The van der Waals surface area contributed by atoms with Gasteiger partial charge >= 0.3 is 0 Å². The van der Waals surface area contributed by atoms with E-state index < -0.39 is 78.2 Å². The van der Waals surface area contributed by atoms with Crippen molar-refractivity contribution in [1.29, 1.82) is 0 Å². The molecule has 10 rings (SSSR count). The van der Waals surface area contributed by atoms with Crippen LogP contribution in [-0.2, 0) is 0 Å². The van der Waals surface area contributed by atoms with Gasteiger partial charge in [0, 0.05) is 33.2 Å². The largest absolute Gasteiger partial charge is 0.309 e. The number of aromatic nitrogens is 4. The van der Waals surface area contributed by atoms with Crippen LogP contribution < -0.4 is 0 Å². The lowest BCUT2D eigenvalue weighted by atomic mass is 9.95. The van der Waals surface area contributed by atoms with Crippen molar-refractivity contribution >= 4 is 21.8 Å². The highest BCUT2D eigenvalue weighted by atomic mass is 15.0. The highest BCUT2D eigenvalue weighted by Gasteiger charge is 2.17. The summed E-state index contributed by atoms with van der Waals surface area (Å²) in [5.74, 6) is 1.03. The van der Waals surface area contributed by atoms with Gasteiger partial charge in [-0.25, -0.2) is 15.0 Å². The van der Waals surface area contributed by atoms with Gasteiger partial charge in [0.2, 0.25) is 0 Å². The third-order valence-corrected chi connectivity index (χ3v) is 9.37. The van der Waals surface area contributed by atoms with Crippen LogP contribution in [-0.4, -0.2) is 19.5 Å². The van der Waals surface area contributed by atoms with Crippen LogP contribution in [0.5, 0.6) is 0 Å². The average Bonchev–Trinajstić information content (AvgIpc) is 3.72. The van der Waals surface area contributed by atoms with Crippen molar-refractivity contribution in [2.75, 3.05) is 0 Å². The fourth-order valence-electron chi connectivity index (χ4n) is 6.73. The molecule has 0 aliphatic carbocycles. The average molecular weight is 715 g/mol. The van der Waals surface area contributed by atoms with Crippen molar-refractivity contribution in [3.63, 3.8) is 0 Å². The van der Waals surface area contributed by atoms with Crippen LogP contribution in [0.25, 0.3) is 95.0 Å². The molecule has 10 aromatic rings. The molecule has 258 valence electrons. The SMILES string of the molecule is [2H]c1c([2H])c([2H])c(-n2c3c([2H])c([2H])c([2H])c([2H])c3c3c([2H])c([2H])c(-c4cc(-c5ccccc5)cc(-c5nc(-c6ccccc6)nc(-c6ccc(-c7ccccc7)cc6)n5)c4)c([2H])c32)c([2H])c1[2H]. The fraction of sp³-hybridized carbons (Fsp3) is 0. The molecule has 0 fully saturated rings. The van der Waals surface area contributed by atoms with Gasteiger partial charge in [-0.05, 0) is 75.7 Å². The summed E-state index contributed by atoms with van der Waals surface area (Å²) in [7, 11) is 0.